The molecule has 2 aromatic rings. The van der Waals surface area contributed by atoms with Gasteiger partial charge in [-0.15, -0.1) is 0 Å². The number of methoxy groups -OCH3 is 1. The summed E-state index contributed by atoms with van der Waals surface area (Å²) < 4.78 is 20.8. The monoisotopic (exact) mass is 373 g/mol. The Morgan fingerprint density at radius 1 is 0.963 bits per heavy atom. The molecule has 27 heavy (non-hydrogen) atoms. The number of nitrogens with one attached hydrogen (secondary N) is 1. The van der Waals surface area contributed by atoms with Gasteiger partial charge in [0.1, 0.15) is 5.75 Å². The number of carbonyl (C=O) groups is 2. The molecule has 0 aliphatic rings. The van der Waals surface area contributed by atoms with Crippen LogP contribution >= 0.6 is 0 Å². The molecule has 2 rings (SSSR count). The minimum absolute atomic E-state index is 0.311. The third-order valence-electron chi connectivity index (χ3n) is 3.48. The van der Waals surface area contributed by atoms with Crippen LogP contribution in [0, 0.1) is 0 Å². The minimum atomic E-state index is -0.641. The molecule has 0 saturated heterocycles. The molecule has 0 aromatic heterocycles. The first kappa shape index (κ1) is 20.1. The van der Waals surface area contributed by atoms with Crippen molar-refractivity contribution >= 4 is 11.9 Å². The summed E-state index contributed by atoms with van der Waals surface area (Å²) >= 11 is 0. The Kier molecular flexibility index (Phi) is 7.96. The predicted molar refractivity (Wildman–Crippen MR) is 98.9 cm³/mol. The Morgan fingerprint density at radius 3 is 2.41 bits per heavy atom. The van der Waals surface area contributed by atoms with Crippen LogP contribution < -0.4 is 19.5 Å². The summed E-state index contributed by atoms with van der Waals surface area (Å²) in [5, 5.41) is 2.67. The summed E-state index contributed by atoms with van der Waals surface area (Å²) in [6, 6.07) is 14.3. The van der Waals surface area contributed by atoms with E-state index >= 15 is 0 Å². The van der Waals surface area contributed by atoms with Gasteiger partial charge in [0.15, 0.2) is 24.7 Å². The molecule has 1 amide bonds. The molecule has 0 heterocycles. The van der Waals surface area contributed by atoms with Crippen LogP contribution in [-0.2, 0) is 20.9 Å². The molecule has 0 atom stereocenters. The Bertz CT molecular complexity index is 762. The molecule has 0 unspecified atom stereocenters. The molecule has 0 aliphatic heterocycles. The van der Waals surface area contributed by atoms with E-state index in [1.165, 1.54) is 0 Å². The Balaban J connectivity index is 1.71. The van der Waals surface area contributed by atoms with Crippen molar-refractivity contribution in [2.75, 3.05) is 26.9 Å². The molecule has 0 spiro atoms. The normalized spacial score (nSPS) is 10.0. The second kappa shape index (κ2) is 10.7. The summed E-state index contributed by atoms with van der Waals surface area (Å²) in [6.45, 7) is 1.96. The first-order valence-electron chi connectivity index (χ1n) is 8.52. The average Bonchev–Trinajstić information content (AvgIpc) is 2.70. The lowest BCUT2D eigenvalue weighted by Gasteiger charge is -2.11. The first-order chi connectivity index (χ1) is 13.1. The van der Waals surface area contributed by atoms with Gasteiger partial charge in [0.25, 0.3) is 5.91 Å². The minimum Gasteiger partial charge on any atom is -0.497 e. The second-order valence-electron chi connectivity index (χ2n) is 5.46. The SMILES string of the molecule is CCOc1ccccc1OCC(=O)OCC(=O)NCc1cccc(OC)c1. The zero-order valence-electron chi connectivity index (χ0n) is 15.4. The Hall–Kier alpha value is -3.22. The summed E-state index contributed by atoms with van der Waals surface area (Å²) in [7, 11) is 1.58. The topological polar surface area (TPSA) is 83.1 Å². The molecule has 0 bridgehead atoms. The first-order valence-corrected chi connectivity index (χ1v) is 8.52. The van der Waals surface area contributed by atoms with E-state index < -0.39 is 11.9 Å². The van der Waals surface area contributed by atoms with Gasteiger partial charge in [-0.1, -0.05) is 24.3 Å². The van der Waals surface area contributed by atoms with Crippen molar-refractivity contribution in [3.05, 3.63) is 54.1 Å². The number of carbonyl (C=O) groups excluding carboxylic acids is 2. The van der Waals surface area contributed by atoms with Gasteiger partial charge in [-0.3, -0.25) is 4.79 Å². The fourth-order valence-electron chi connectivity index (χ4n) is 2.20. The predicted octanol–water partition coefficient (Wildman–Crippen LogP) is 2.33. The maximum absolute atomic E-state index is 11.8. The maximum atomic E-state index is 11.8. The van der Waals surface area contributed by atoms with Gasteiger partial charge in [0.05, 0.1) is 13.7 Å². The summed E-state index contributed by atoms with van der Waals surface area (Å²) in [5.41, 5.74) is 0.880. The van der Waals surface area contributed by atoms with Crippen LogP contribution in [-0.4, -0.2) is 38.8 Å². The van der Waals surface area contributed by atoms with Gasteiger partial charge < -0.3 is 24.3 Å². The van der Waals surface area contributed by atoms with Gasteiger partial charge in [0.2, 0.25) is 0 Å². The van der Waals surface area contributed by atoms with E-state index in [4.69, 9.17) is 18.9 Å². The van der Waals surface area contributed by atoms with Gasteiger partial charge in [-0.05, 0) is 36.8 Å². The third-order valence-corrected chi connectivity index (χ3v) is 3.48. The number of hydrogen-bond donors (Lipinski definition) is 1. The van der Waals surface area contributed by atoms with Crippen LogP contribution in [0.3, 0.4) is 0 Å². The van der Waals surface area contributed by atoms with Crippen molar-refractivity contribution in [3.8, 4) is 17.2 Å². The van der Waals surface area contributed by atoms with Crippen LogP contribution in [0.5, 0.6) is 17.2 Å². The van der Waals surface area contributed by atoms with Crippen molar-refractivity contribution in [2.24, 2.45) is 0 Å². The largest absolute Gasteiger partial charge is 0.497 e. The third kappa shape index (κ3) is 6.89. The number of esters is 1. The van der Waals surface area contributed by atoms with Gasteiger partial charge >= 0.3 is 5.97 Å². The van der Waals surface area contributed by atoms with Crippen LogP contribution in [0.2, 0.25) is 0 Å². The number of para-hydroxylation sites is 2. The summed E-state index contributed by atoms with van der Waals surface area (Å²) in [5.74, 6) is 0.652. The molecular formula is C20H23NO6. The van der Waals surface area contributed by atoms with E-state index in [0.717, 1.165) is 5.56 Å². The molecule has 144 valence electrons. The van der Waals surface area contributed by atoms with E-state index in [1.54, 1.807) is 25.3 Å². The zero-order chi connectivity index (χ0) is 19.5. The van der Waals surface area contributed by atoms with Gasteiger partial charge in [-0.25, -0.2) is 4.79 Å². The summed E-state index contributed by atoms with van der Waals surface area (Å²) in [4.78, 5) is 23.6. The van der Waals surface area contributed by atoms with E-state index in [1.807, 2.05) is 37.3 Å². The van der Waals surface area contributed by atoms with Crippen molar-refractivity contribution in [1.82, 2.24) is 5.32 Å². The van der Waals surface area contributed by atoms with E-state index in [9.17, 15) is 9.59 Å². The van der Waals surface area contributed by atoms with Crippen molar-refractivity contribution in [2.45, 2.75) is 13.5 Å². The maximum Gasteiger partial charge on any atom is 0.344 e. The standard InChI is InChI=1S/C20H23NO6/c1-3-25-17-9-4-5-10-18(17)26-14-20(23)27-13-19(22)21-12-15-7-6-8-16(11-15)24-2/h4-11H,3,12-14H2,1-2H3,(H,21,22). The lowest BCUT2D eigenvalue weighted by Crippen LogP contribution is -2.29. The number of hydrogen-bond acceptors (Lipinski definition) is 6. The fourth-order valence-corrected chi connectivity index (χ4v) is 2.20. The molecule has 1 N–H and O–H groups in total. The molecule has 0 aliphatic carbocycles. The van der Waals surface area contributed by atoms with Crippen LogP contribution in [0.25, 0.3) is 0 Å². The molecule has 7 nitrogen and oxygen atoms in total. The average molecular weight is 373 g/mol. The highest BCUT2D eigenvalue weighted by Crippen LogP contribution is 2.26. The van der Waals surface area contributed by atoms with Crippen LogP contribution in [0.4, 0.5) is 0 Å². The van der Waals surface area contributed by atoms with E-state index in [-0.39, 0.29) is 13.2 Å². The van der Waals surface area contributed by atoms with Crippen LogP contribution in [0.1, 0.15) is 12.5 Å². The molecule has 0 saturated carbocycles. The van der Waals surface area contributed by atoms with Crippen molar-refractivity contribution in [3.63, 3.8) is 0 Å². The van der Waals surface area contributed by atoms with Gasteiger partial charge in [-0.2, -0.15) is 0 Å². The van der Waals surface area contributed by atoms with Crippen molar-refractivity contribution in [1.29, 1.82) is 0 Å². The van der Waals surface area contributed by atoms with Crippen LogP contribution in [0.15, 0.2) is 48.5 Å². The smallest absolute Gasteiger partial charge is 0.344 e. The van der Waals surface area contributed by atoms with Crippen molar-refractivity contribution < 1.29 is 28.5 Å². The Labute approximate surface area is 158 Å². The lowest BCUT2D eigenvalue weighted by atomic mass is 10.2. The quantitative estimate of drug-likeness (QED) is 0.644. The summed E-state index contributed by atoms with van der Waals surface area (Å²) in [6.07, 6.45) is 0. The fraction of sp³-hybridized carbons (Fsp3) is 0.300. The molecular weight excluding hydrogens is 350 g/mol. The lowest BCUT2D eigenvalue weighted by molar-refractivity contribution is -0.150. The van der Waals surface area contributed by atoms with Gasteiger partial charge in [0, 0.05) is 6.54 Å². The van der Waals surface area contributed by atoms with E-state index in [0.29, 0.717) is 30.4 Å². The zero-order valence-corrected chi connectivity index (χ0v) is 15.4. The highest BCUT2D eigenvalue weighted by molar-refractivity contribution is 5.80. The molecule has 7 heteroatoms. The number of rotatable bonds is 10. The van der Waals surface area contributed by atoms with E-state index in [2.05, 4.69) is 5.32 Å². The molecule has 0 radical (unpaired) electrons. The Morgan fingerprint density at radius 2 is 1.70 bits per heavy atom. The number of amides is 1. The number of benzene rings is 2. The highest BCUT2D eigenvalue weighted by atomic mass is 16.6. The highest BCUT2D eigenvalue weighted by Gasteiger charge is 2.10. The molecule has 2 aromatic carbocycles. The number of ether oxygens (including phenoxy) is 4. The molecule has 0 fully saturated rings. The second-order valence-corrected chi connectivity index (χ2v) is 5.46.